The summed E-state index contributed by atoms with van der Waals surface area (Å²) in [5, 5.41) is 4.62. The van der Waals surface area contributed by atoms with E-state index in [4.69, 9.17) is 16.1 Å². The molecule has 9 heteroatoms. The molecule has 21 heavy (non-hydrogen) atoms. The third-order valence-corrected chi connectivity index (χ3v) is 4.36. The minimum Gasteiger partial charge on any atom is -0.336 e. The number of pyridine rings is 2. The Kier molecular flexibility index (Phi) is 3.26. The zero-order valence-electron chi connectivity index (χ0n) is 10.7. The van der Waals surface area contributed by atoms with E-state index in [2.05, 4.69) is 19.8 Å². The first-order valence-corrected chi connectivity index (χ1v) is 7.68. The number of hydrogen-bond acceptors (Lipinski definition) is 6. The van der Waals surface area contributed by atoms with Gasteiger partial charge in [0.25, 0.3) is 15.7 Å². The highest BCUT2D eigenvalue weighted by Crippen LogP contribution is 2.22. The lowest BCUT2D eigenvalue weighted by molar-refractivity contribution is 0.443. The summed E-state index contributed by atoms with van der Waals surface area (Å²) in [6.07, 6.45) is 2.54. The number of nitrogens with zero attached hydrogens (tertiary/aromatic N) is 3. The van der Waals surface area contributed by atoms with E-state index in [1.807, 2.05) is 0 Å². The molecule has 3 aromatic rings. The van der Waals surface area contributed by atoms with Crippen LogP contribution >= 0.6 is 11.6 Å². The van der Waals surface area contributed by atoms with Crippen molar-refractivity contribution in [1.82, 2.24) is 15.1 Å². The topological polar surface area (TPSA) is 98.0 Å². The van der Waals surface area contributed by atoms with Gasteiger partial charge in [-0.1, -0.05) is 16.8 Å². The minimum absolute atomic E-state index is 0.00837. The quantitative estimate of drug-likeness (QED) is 0.743. The molecule has 7 nitrogen and oxygen atoms in total. The third-order valence-electron chi connectivity index (χ3n) is 2.77. The molecule has 108 valence electrons. The number of nitrogens with one attached hydrogen (secondary N) is 1. The van der Waals surface area contributed by atoms with Crippen LogP contribution in [-0.4, -0.2) is 23.5 Å². The van der Waals surface area contributed by atoms with E-state index in [0.717, 1.165) is 0 Å². The molecule has 0 unspecified atom stereocenters. The Hall–Kier alpha value is -2.19. The zero-order chi connectivity index (χ0) is 15.0. The Labute approximate surface area is 125 Å². The predicted octanol–water partition coefficient (Wildman–Crippen LogP) is 2.38. The van der Waals surface area contributed by atoms with Gasteiger partial charge in [0.1, 0.15) is 10.0 Å². The van der Waals surface area contributed by atoms with Gasteiger partial charge < -0.3 is 4.52 Å². The van der Waals surface area contributed by atoms with Crippen LogP contribution in [0.2, 0.25) is 5.15 Å². The summed E-state index contributed by atoms with van der Waals surface area (Å²) < 4.78 is 31.8. The Balaban J connectivity index is 1.96. The van der Waals surface area contributed by atoms with Crippen molar-refractivity contribution in [2.24, 2.45) is 0 Å². The fourth-order valence-electron chi connectivity index (χ4n) is 1.74. The Morgan fingerprint density at radius 2 is 2.05 bits per heavy atom. The normalized spacial score (nSPS) is 11.7. The molecule has 0 aliphatic carbocycles. The predicted molar refractivity (Wildman–Crippen MR) is 76.6 cm³/mol. The summed E-state index contributed by atoms with van der Waals surface area (Å²) >= 11 is 5.64. The second kappa shape index (κ2) is 4.97. The largest absolute Gasteiger partial charge is 0.336 e. The van der Waals surface area contributed by atoms with Crippen molar-refractivity contribution in [3.05, 3.63) is 41.4 Å². The van der Waals surface area contributed by atoms with Gasteiger partial charge in [-0.3, -0.25) is 4.72 Å². The number of fused-ring (bicyclic) bond motifs is 1. The van der Waals surface area contributed by atoms with Gasteiger partial charge in [0.15, 0.2) is 0 Å². The van der Waals surface area contributed by atoms with Crippen LogP contribution in [0.15, 0.2) is 40.0 Å². The second-order valence-electron chi connectivity index (χ2n) is 4.27. The van der Waals surface area contributed by atoms with E-state index in [-0.39, 0.29) is 10.0 Å². The molecule has 0 fully saturated rings. The molecule has 1 N–H and O–H groups in total. The molecule has 3 aromatic heterocycles. The zero-order valence-corrected chi connectivity index (χ0v) is 12.3. The van der Waals surface area contributed by atoms with Gasteiger partial charge in [0.2, 0.25) is 0 Å². The highest BCUT2D eigenvalue weighted by Gasteiger charge is 2.16. The molecular formula is C12H9ClN4O3S. The van der Waals surface area contributed by atoms with Gasteiger partial charge in [-0.15, -0.1) is 0 Å². The first-order valence-electron chi connectivity index (χ1n) is 5.82. The van der Waals surface area contributed by atoms with E-state index in [0.29, 0.717) is 22.5 Å². The number of aryl methyl sites for hydroxylation is 1. The Morgan fingerprint density at radius 1 is 1.24 bits per heavy atom. The molecule has 0 aliphatic rings. The maximum atomic E-state index is 12.2. The molecular weight excluding hydrogens is 316 g/mol. The molecule has 0 saturated carbocycles. The van der Waals surface area contributed by atoms with Crippen LogP contribution in [0.5, 0.6) is 0 Å². The van der Waals surface area contributed by atoms with Crippen LogP contribution in [0.1, 0.15) is 5.69 Å². The van der Waals surface area contributed by atoms with Crippen molar-refractivity contribution in [2.75, 3.05) is 4.72 Å². The second-order valence-corrected chi connectivity index (χ2v) is 6.34. The molecule has 0 aliphatic heterocycles. The first-order chi connectivity index (χ1) is 9.95. The standard InChI is InChI=1S/C12H9ClN4O3S/c1-7-10-4-8(5-15-12(10)20-16-7)17-21(18,19)9-2-3-11(13)14-6-9/h2-6,17H,1H3. The molecule has 0 atom stereocenters. The van der Waals surface area contributed by atoms with Gasteiger partial charge in [-0.25, -0.2) is 18.4 Å². The lowest BCUT2D eigenvalue weighted by Gasteiger charge is -2.07. The fourth-order valence-corrected chi connectivity index (χ4v) is 2.83. The van der Waals surface area contributed by atoms with Crippen LogP contribution in [-0.2, 0) is 10.0 Å². The van der Waals surface area contributed by atoms with Crippen molar-refractivity contribution >= 4 is 38.4 Å². The molecule has 0 spiro atoms. The summed E-state index contributed by atoms with van der Waals surface area (Å²) in [5.74, 6) is 0. The van der Waals surface area contributed by atoms with Crippen LogP contribution in [0.25, 0.3) is 11.1 Å². The van der Waals surface area contributed by atoms with Crippen LogP contribution < -0.4 is 4.72 Å². The number of rotatable bonds is 3. The maximum Gasteiger partial charge on any atom is 0.263 e. The summed E-state index contributed by atoms with van der Waals surface area (Å²) in [6, 6.07) is 4.38. The van der Waals surface area contributed by atoms with Crippen LogP contribution in [0.3, 0.4) is 0 Å². The highest BCUT2D eigenvalue weighted by atomic mass is 35.5. The summed E-state index contributed by atoms with van der Waals surface area (Å²) in [6.45, 7) is 1.74. The van der Waals surface area contributed by atoms with Crippen molar-refractivity contribution in [3.63, 3.8) is 0 Å². The lowest BCUT2D eigenvalue weighted by atomic mass is 10.3. The Bertz CT molecular complexity index is 906. The molecule has 0 amide bonds. The van der Waals surface area contributed by atoms with Gasteiger partial charge in [-0.05, 0) is 25.1 Å². The van der Waals surface area contributed by atoms with Crippen molar-refractivity contribution in [3.8, 4) is 0 Å². The SMILES string of the molecule is Cc1noc2ncc(NS(=O)(=O)c3ccc(Cl)nc3)cc12. The summed E-state index contributed by atoms with van der Waals surface area (Å²) in [5.41, 5.74) is 1.29. The number of halogens is 1. The fraction of sp³-hybridized carbons (Fsp3) is 0.0833. The summed E-state index contributed by atoms with van der Waals surface area (Å²) in [7, 11) is -3.76. The average Bonchev–Trinajstić information content (AvgIpc) is 2.80. The van der Waals surface area contributed by atoms with E-state index in [9.17, 15) is 8.42 Å². The van der Waals surface area contributed by atoms with E-state index in [1.165, 1.54) is 24.5 Å². The van der Waals surface area contributed by atoms with Crippen molar-refractivity contribution in [2.45, 2.75) is 11.8 Å². The lowest BCUT2D eigenvalue weighted by Crippen LogP contribution is -2.13. The van der Waals surface area contributed by atoms with Crippen LogP contribution in [0, 0.1) is 6.92 Å². The van der Waals surface area contributed by atoms with Crippen molar-refractivity contribution in [1.29, 1.82) is 0 Å². The summed E-state index contributed by atoms with van der Waals surface area (Å²) in [4.78, 5) is 7.76. The smallest absolute Gasteiger partial charge is 0.263 e. The number of sulfonamides is 1. The van der Waals surface area contributed by atoms with Crippen LogP contribution in [0.4, 0.5) is 5.69 Å². The first kappa shape index (κ1) is 13.8. The minimum atomic E-state index is -3.76. The molecule has 0 saturated heterocycles. The van der Waals surface area contributed by atoms with Gasteiger partial charge >= 0.3 is 0 Å². The van der Waals surface area contributed by atoms with E-state index < -0.39 is 10.0 Å². The highest BCUT2D eigenvalue weighted by molar-refractivity contribution is 7.92. The van der Waals surface area contributed by atoms with E-state index >= 15 is 0 Å². The molecule has 3 rings (SSSR count). The average molecular weight is 325 g/mol. The number of aromatic nitrogens is 3. The maximum absolute atomic E-state index is 12.2. The molecule has 0 bridgehead atoms. The number of hydrogen-bond donors (Lipinski definition) is 1. The van der Waals surface area contributed by atoms with Gasteiger partial charge in [0.05, 0.1) is 23.0 Å². The number of anilines is 1. The van der Waals surface area contributed by atoms with Gasteiger partial charge in [0, 0.05) is 6.20 Å². The monoisotopic (exact) mass is 324 g/mol. The van der Waals surface area contributed by atoms with Gasteiger partial charge in [-0.2, -0.15) is 0 Å². The molecule has 3 heterocycles. The van der Waals surface area contributed by atoms with E-state index in [1.54, 1.807) is 13.0 Å². The van der Waals surface area contributed by atoms with Crippen molar-refractivity contribution < 1.29 is 12.9 Å². The Morgan fingerprint density at radius 3 is 2.76 bits per heavy atom. The molecule has 0 radical (unpaired) electrons. The third kappa shape index (κ3) is 2.67. The molecule has 0 aromatic carbocycles.